The molecule has 0 spiro atoms. The van der Waals surface area contributed by atoms with Gasteiger partial charge in [0.15, 0.2) is 0 Å². The molecule has 4 N–H and O–H groups in total. The SMILES string of the molecule is OCC=NNN(CCO)CCO. The molecule has 0 radical (unpaired) electrons. The van der Waals surface area contributed by atoms with Crippen molar-refractivity contribution in [3.05, 3.63) is 0 Å². The van der Waals surface area contributed by atoms with Crippen molar-refractivity contribution in [1.82, 2.24) is 10.5 Å². The van der Waals surface area contributed by atoms with E-state index in [1.807, 2.05) is 0 Å². The molecule has 6 nitrogen and oxygen atoms in total. The van der Waals surface area contributed by atoms with Crippen molar-refractivity contribution in [3.63, 3.8) is 0 Å². The normalized spacial score (nSPS) is 11.3. The van der Waals surface area contributed by atoms with E-state index in [1.165, 1.54) is 11.2 Å². The van der Waals surface area contributed by atoms with Gasteiger partial charge in [-0.25, -0.2) is 10.5 Å². The number of nitrogens with one attached hydrogen (secondary N) is 1. The molecule has 12 heavy (non-hydrogen) atoms. The van der Waals surface area contributed by atoms with Crippen LogP contribution in [0.15, 0.2) is 5.10 Å². The average molecular weight is 177 g/mol. The fourth-order valence-corrected chi connectivity index (χ4v) is 0.617. The number of hydrogen-bond donors (Lipinski definition) is 4. The van der Waals surface area contributed by atoms with Crippen LogP contribution in [0.25, 0.3) is 0 Å². The molecule has 0 aromatic heterocycles. The van der Waals surface area contributed by atoms with Crippen LogP contribution in [0.5, 0.6) is 0 Å². The second kappa shape index (κ2) is 8.41. The molecule has 0 saturated carbocycles. The van der Waals surface area contributed by atoms with E-state index in [0.29, 0.717) is 13.1 Å². The summed E-state index contributed by atoms with van der Waals surface area (Å²) < 4.78 is 0. The van der Waals surface area contributed by atoms with Gasteiger partial charge in [0.05, 0.1) is 26.0 Å². The van der Waals surface area contributed by atoms with E-state index in [0.717, 1.165) is 0 Å². The maximum Gasteiger partial charge on any atom is 0.0801 e. The molecule has 0 amide bonds. The van der Waals surface area contributed by atoms with Crippen LogP contribution in [0.2, 0.25) is 0 Å². The van der Waals surface area contributed by atoms with Crippen molar-refractivity contribution in [2.45, 2.75) is 0 Å². The summed E-state index contributed by atoms with van der Waals surface area (Å²) in [6, 6.07) is 0. The van der Waals surface area contributed by atoms with Crippen LogP contribution >= 0.6 is 0 Å². The van der Waals surface area contributed by atoms with E-state index in [2.05, 4.69) is 10.6 Å². The molecule has 0 aliphatic rings. The summed E-state index contributed by atoms with van der Waals surface area (Å²) in [5.41, 5.74) is 2.55. The summed E-state index contributed by atoms with van der Waals surface area (Å²) in [6.45, 7) is 0.592. The van der Waals surface area contributed by atoms with Gasteiger partial charge in [0.25, 0.3) is 0 Å². The molecule has 6 heteroatoms. The molecule has 0 aromatic rings. The van der Waals surface area contributed by atoms with Gasteiger partial charge in [-0.3, -0.25) is 0 Å². The predicted octanol–water partition coefficient (Wildman–Crippen LogP) is -2.24. The van der Waals surface area contributed by atoms with E-state index in [-0.39, 0.29) is 19.8 Å². The van der Waals surface area contributed by atoms with E-state index < -0.39 is 0 Å². The molecule has 72 valence electrons. The molecule has 0 fully saturated rings. The van der Waals surface area contributed by atoms with Gasteiger partial charge >= 0.3 is 0 Å². The third-order valence-corrected chi connectivity index (χ3v) is 1.11. The van der Waals surface area contributed by atoms with Crippen molar-refractivity contribution in [3.8, 4) is 0 Å². The van der Waals surface area contributed by atoms with Crippen molar-refractivity contribution < 1.29 is 15.3 Å². The largest absolute Gasteiger partial charge is 0.395 e. The van der Waals surface area contributed by atoms with Gasteiger partial charge in [-0.15, -0.1) is 0 Å². The maximum atomic E-state index is 8.56. The molecule has 0 unspecified atom stereocenters. The Kier molecular flexibility index (Phi) is 7.92. The Hall–Kier alpha value is -0.690. The van der Waals surface area contributed by atoms with Gasteiger partial charge in [0.2, 0.25) is 0 Å². The van der Waals surface area contributed by atoms with Crippen molar-refractivity contribution in [2.24, 2.45) is 5.10 Å². The van der Waals surface area contributed by atoms with E-state index >= 15 is 0 Å². The molecule has 0 rings (SSSR count). The van der Waals surface area contributed by atoms with Crippen LogP contribution in [0, 0.1) is 0 Å². The van der Waals surface area contributed by atoms with Gasteiger partial charge in [-0.05, 0) is 0 Å². The van der Waals surface area contributed by atoms with E-state index in [9.17, 15) is 0 Å². The van der Waals surface area contributed by atoms with Gasteiger partial charge < -0.3 is 15.3 Å². The smallest absolute Gasteiger partial charge is 0.0801 e. The number of aliphatic hydroxyl groups is 3. The highest BCUT2D eigenvalue weighted by Gasteiger charge is 1.98. The quantitative estimate of drug-likeness (QED) is 0.261. The number of aliphatic hydroxyl groups excluding tert-OH is 3. The third-order valence-electron chi connectivity index (χ3n) is 1.11. The first-order valence-corrected chi connectivity index (χ1v) is 3.69. The maximum absolute atomic E-state index is 8.56. The minimum Gasteiger partial charge on any atom is -0.395 e. The summed E-state index contributed by atoms with van der Waals surface area (Å²) in [7, 11) is 0. The number of hydrazone groups is 1. The zero-order valence-electron chi connectivity index (χ0n) is 6.85. The molecule has 0 saturated heterocycles. The fraction of sp³-hybridized carbons (Fsp3) is 0.833. The number of hydrazine groups is 1. The summed E-state index contributed by atoms with van der Waals surface area (Å²) in [5, 5.41) is 30.6. The predicted molar refractivity (Wildman–Crippen MR) is 44.5 cm³/mol. The van der Waals surface area contributed by atoms with E-state index in [1.54, 1.807) is 0 Å². The monoisotopic (exact) mass is 177 g/mol. The number of nitrogens with zero attached hydrogens (tertiary/aromatic N) is 2. The Morgan fingerprint density at radius 3 is 2.17 bits per heavy atom. The van der Waals surface area contributed by atoms with Crippen molar-refractivity contribution in [2.75, 3.05) is 32.9 Å². The van der Waals surface area contributed by atoms with Crippen LogP contribution in [0.1, 0.15) is 0 Å². The van der Waals surface area contributed by atoms with Crippen LogP contribution in [-0.2, 0) is 0 Å². The first kappa shape index (κ1) is 11.3. The zero-order valence-corrected chi connectivity index (χ0v) is 6.85. The summed E-state index contributed by atoms with van der Waals surface area (Å²) in [4.78, 5) is 0. The summed E-state index contributed by atoms with van der Waals surface area (Å²) in [5.74, 6) is 0. The molecule has 0 aromatic carbocycles. The van der Waals surface area contributed by atoms with Crippen molar-refractivity contribution in [1.29, 1.82) is 0 Å². The number of hydrogen-bond acceptors (Lipinski definition) is 6. The van der Waals surface area contributed by atoms with Crippen LogP contribution < -0.4 is 5.53 Å². The molecule has 0 heterocycles. The van der Waals surface area contributed by atoms with Gasteiger partial charge in [-0.1, -0.05) is 0 Å². The highest BCUT2D eigenvalue weighted by molar-refractivity contribution is 5.57. The minimum absolute atomic E-state index is 0.0123. The molecule has 0 bridgehead atoms. The van der Waals surface area contributed by atoms with E-state index in [4.69, 9.17) is 15.3 Å². The molecule has 0 atom stereocenters. The molecular formula is C6H15N3O3. The summed E-state index contributed by atoms with van der Waals surface area (Å²) in [6.07, 6.45) is 1.28. The molecule has 0 aliphatic heterocycles. The Morgan fingerprint density at radius 1 is 1.17 bits per heavy atom. The Labute approximate surface area is 71.1 Å². The zero-order chi connectivity index (χ0) is 9.23. The Balaban J connectivity index is 3.54. The minimum atomic E-state index is -0.140. The van der Waals surface area contributed by atoms with Crippen molar-refractivity contribution >= 4 is 6.21 Å². The first-order chi connectivity index (χ1) is 5.85. The van der Waals surface area contributed by atoms with Gasteiger partial charge in [-0.2, -0.15) is 5.10 Å². The highest BCUT2D eigenvalue weighted by Crippen LogP contribution is 1.79. The third kappa shape index (κ3) is 6.05. The second-order valence-corrected chi connectivity index (χ2v) is 2.03. The van der Waals surface area contributed by atoms with Gasteiger partial charge in [0, 0.05) is 13.1 Å². The van der Waals surface area contributed by atoms with Crippen LogP contribution in [0.3, 0.4) is 0 Å². The first-order valence-electron chi connectivity index (χ1n) is 3.69. The fourth-order valence-electron chi connectivity index (χ4n) is 0.617. The lowest BCUT2D eigenvalue weighted by molar-refractivity contribution is 0.117. The standard InChI is InChI=1S/C6H15N3O3/c10-4-1-7-8-9(2-5-11)3-6-12/h1,8,10-12H,2-6H2. The average Bonchev–Trinajstić information content (AvgIpc) is 2.06. The molecule has 0 aliphatic carbocycles. The van der Waals surface area contributed by atoms with Gasteiger partial charge in [0.1, 0.15) is 0 Å². The Morgan fingerprint density at radius 2 is 1.75 bits per heavy atom. The molecular weight excluding hydrogens is 162 g/mol. The second-order valence-electron chi connectivity index (χ2n) is 2.03. The topological polar surface area (TPSA) is 88.3 Å². The Bertz CT molecular complexity index is 115. The lowest BCUT2D eigenvalue weighted by atomic mass is 10.6. The van der Waals surface area contributed by atoms with Crippen LogP contribution in [-0.4, -0.2) is 59.5 Å². The lowest BCUT2D eigenvalue weighted by Gasteiger charge is -2.18. The summed E-state index contributed by atoms with van der Waals surface area (Å²) >= 11 is 0. The highest BCUT2D eigenvalue weighted by atomic mass is 16.3. The lowest BCUT2D eigenvalue weighted by Crippen LogP contribution is -2.38. The number of rotatable bonds is 7. The van der Waals surface area contributed by atoms with Crippen LogP contribution in [0.4, 0.5) is 0 Å².